The molecule has 0 aliphatic rings. The van der Waals surface area contributed by atoms with Gasteiger partial charge in [0.05, 0.1) is 16.4 Å². The van der Waals surface area contributed by atoms with Gasteiger partial charge in [0.25, 0.3) is 5.91 Å². The van der Waals surface area contributed by atoms with Crippen LogP contribution in [0.1, 0.15) is 21.5 Å². The Kier molecular flexibility index (Phi) is 3.95. The molecule has 1 amide bonds. The fourth-order valence-corrected chi connectivity index (χ4v) is 1.96. The highest BCUT2D eigenvalue weighted by molar-refractivity contribution is 6.31. The highest BCUT2D eigenvalue weighted by atomic mass is 35.5. The third-order valence-corrected chi connectivity index (χ3v) is 3.39. The number of halogens is 2. The van der Waals surface area contributed by atoms with Crippen molar-refractivity contribution in [1.29, 1.82) is 0 Å². The quantitative estimate of drug-likeness (QED) is 0.824. The number of hydrogen-bond acceptors (Lipinski definition) is 2. The molecule has 104 valence electrons. The molecule has 0 spiro atoms. The third kappa shape index (κ3) is 2.91. The molecular formula is C15H14ClFN2O. The molecule has 0 aliphatic carbocycles. The van der Waals surface area contributed by atoms with Crippen molar-refractivity contribution in [3.8, 4) is 0 Å². The van der Waals surface area contributed by atoms with Gasteiger partial charge in [0.15, 0.2) is 0 Å². The van der Waals surface area contributed by atoms with Gasteiger partial charge in [0, 0.05) is 5.56 Å². The van der Waals surface area contributed by atoms with Gasteiger partial charge in [-0.05, 0) is 55.3 Å². The summed E-state index contributed by atoms with van der Waals surface area (Å²) in [6.07, 6.45) is 0. The lowest BCUT2D eigenvalue weighted by Crippen LogP contribution is -2.13. The highest BCUT2D eigenvalue weighted by Gasteiger charge is 2.11. The number of nitrogen functional groups attached to an aromatic ring is 1. The maximum absolute atomic E-state index is 13.1. The second kappa shape index (κ2) is 5.51. The van der Waals surface area contributed by atoms with Crippen molar-refractivity contribution in [3.05, 3.63) is 57.9 Å². The van der Waals surface area contributed by atoms with Crippen LogP contribution in [0.2, 0.25) is 5.02 Å². The van der Waals surface area contributed by atoms with Crippen molar-refractivity contribution in [2.45, 2.75) is 13.8 Å². The Morgan fingerprint density at radius 2 is 1.85 bits per heavy atom. The molecule has 0 bridgehead atoms. The molecule has 20 heavy (non-hydrogen) atoms. The molecule has 0 radical (unpaired) electrons. The minimum atomic E-state index is -0.561. The minimum Gasteiger partial charge on any atom is -0.397 e. The first kappa shape index (κ1) is 14.3. The zero-order valence-corrected chi connectivity index (χ0v) is 11.9. The fraction of sp³-hybridized carbons (Fsp3) is 0.133. The SMILES string of the molecule is Cc1cc(N)c(NC(=O)c2ccc(F)c(Cl)c2)cc1C. The molecular weight excluding hydrogens is 279 g/mol. The number of carbonyl (C=O) groups is 1. The lowest BCUT2D eigenvalue weighted by molar-refractivity contribution is 0.102. The van der Waals surface area contributed by atoms with Gasteiger partial charge in [0.2, 0.25) is 0 Å². The lowest BCUT2D eigenvalue weighted by atomic mass is 10.1. The Labute approximate surface area is 121 Å². The summed E-state index contributed by atoms with van der Waals surface area (Å²) in [5, 5.41) is 2.60. The number of nitrogens with one attached hydrogen (secondary N) is 1. The van der Waals surface area contributed by atoms with Gasteiger partial charge >= 0.3 is 0 Å². The molecule has 0 atom stereocenters. The second-order valence-electron chi connectivity index (χ2n) is 4.61. The van der Waals surface area contributed by atoms with Crippen molar-refractivity contribution in [2.24, 2.45) is 0 Å². The number of benzene rings is 2. The highest BCUT2D eigenvalue weighted by Crippen LogP contribution is 2.24. The van der Waals surface area contributed by atoms with E-state index in [1.807, 2.05) is 13.8 Å². The molecule has 0 aromatic heterocycles. The molecule has 0 aliphatic heterocycles. The number of nitrogens with two attached hydrogens (primary N) is 1. The second-order valence-corrected chi connectivity index (χ2v) is 5.01. The van der Waals surface area contributed by atoms with E-state index in [1.54, 1.807) is 12.1 Å². The first-order valence-corrected chi connectivity index (χ1v) is 6.39. The molecule has 2 rings (SSSR count). The van der Waals surface area contributed by atoms with Crippen molar-refractivity contribution in [2.75, 3.05) is 11.1 Å². The van der Waals surface area contributed by atoms with Crippen LogP contribution in [-0.2, 0) is 0 Å². The van der Waals surface area contributed by atoms with Crippen LogP contribution in [0.4, 0.5) is 15.8 Å². The molecule has 0 unspecified atom stereocenters. The van der Waals surface area contributed by atoms with Gasteiger partial charge < -0.3 is 11.1 Å². The molecule has 2 aromatic rings. The van der Waals surface area contributed by atoms with E-state index in [-0.39, 0.29) is 16.5 Å². The summed E-state index contributed by atoms with van der Waals surface area (Å²) >= 11 is 5.66. The van der Waals surface area contributed by atoms with Gasteiger partial charge in [-0.1, -0.05) is 11.6 Å². The van der Waals surface area contributed by atoms with Gasteiger partial charge in [-0.3, -0.25) is 4.79 Å². The fourth-order valence-electron chi connectivity index (χ4n) is 1.78. The van der Waals surface area contributed by atoms with Crippen LogP contribution in [0, 0.1) is 19.7 Å². The van der Waals surface area contributed by atoms with E-state index in [4.69, 9.17) is 17.3 Å². The first-order chi connectivity index (χ1) is 9.38. The number of aryl methyl sites for hydroxylation is 2. The Morgan fingerprint density at radius 1 is 1.20 bits per heavy atom. The van der Waals surface area contributed by atoms with Crippen LogP contribution >= 0.6 is 11.6 Å². The third-order valence-electron chi connectivity index (χ3n) is 3.10. The van der Waals surface area contributed by atoms with E-state index < -0.39 is 5.82 Å². The van der Waals surface area contributed by atoms with Gasteiger partial charge in [-0.2, -0.15) is 0 Å². The van der Waals surface area contributed by atoms with E-state index in [2.05, 4.69) is 5.32 Å². The van der Waals surface area contributed by atoms with Crippen molar-refractivity contribution < 1.29 is 9.18 Å². The van der Waals surface area contributed by atoms with Crippen LogP contribution in [0.15, 0.2) is 30.3 Å². The predicted molar refractivity (Wildman–Crippen MR) is 79.7 cm³/mol. The Morgan fingerprint density at radius 3 is 2.50 bits per heavy atom. The standard InChI is InChI=1S/C15H14ClFN2O/c1-8-5-13(18)14(6-9(8)2)19-15(20)10-3-4-12(17)11(16)7-10/h3-7H,18H2,1-2H3,(H,19,20). The summed E-state index contributed by atoms with van der Waals surface area (Å²) < 4.78 is 13.1. The molecule has 5 heteroatoms. The van der Waals surface area contributed by atoms with E-state index in [1.165, 1.54) is 12.1 Å². The summed E-state index contributed by atoms with van der Waals surface area (Å²) in [6.45, 7) is 3.87. The number of anilines is 2. The first-order valence-electron chi connectivity index (χ1n) is 6.01. The summed E-state index contributed by atoms with van der Waals surface area (Å²) in [7, 11) is 0. The maximum Gasteiger partial charge on any atom is 0.255 e. The molecule has 0 heterocycles. The predicted octanol–water partition coefficient (Wildman–Crippen LogP) is 3.93. The van der Waals surface area contributed by atoms with Gasteiger partial charge in [0.1, 0.15) is 5.82 Å². The summed E-state index contributed by atoms with van der Waals surface area (Å²) in [6, 6.07) is 7.40. The van der Waals surface area contributed by atoms with E-state index in [0.717, 1.165) is 17.2 Å². The molecule has 0 saturated heterocycles. The topological polar surface area (TPSA) is 55.1 Å². The van der Waals surface area contributed by atoms with Gasteiger partial charge in [-0.25, -0.2) is 4.39 Å². The van der Waals surface area contributed by atoms with Crippen molar-refractivity contribution in [1.82, 2.24) is 0 Å². The van der Waals surface area contributed by atoms with E-state index >= 15 is 0 Å². The van der Waals surface area contributed by atoms with Crippen LogP contribution in [0.5, 0.6) is 0 Å². The molecule has 0 fully saturated rings. The maximum atomic E-state index is 13.1. The number of hydrogen-bond donors (Lipinski definition) is 2. The average Bonchev–Trinajstić information content (AvgIpc) is 2.39. The number of amides is 1. The zero-order valence-electron chi connectivity index (χ0n) is 11.1. The smallest absolute Gasteiger partial charge is 0.255 e. The Bertz CT molecular complexity index is 686. The normalized spacial score (nSPS) is 10.4. The number of rotatable bonds is 2. The van der Waals surface area contributed by atoms with Crippen molar-refractivity contribution in [3.63, 3.8) is 0 Å². The Balaban J connectivity index is 2.27. The zero-order chi connectivity index (χ0) is 14.9. The lowest BCUT2D eigenvalue weighted by Gasteiger charge is -2.11. The van der Waals surface area contributed by atoms with E-state index in [9.17, 15) is 9.18 Å². The summed E-state index contributed by atoms with van der Waals surface area (Å²) in [4.78, 5) is 12.1. The van der Waals surface area contributed by atoms with Gasteiger partial charge in [-0.15, -0.1) is 0 Å². The molecule has 2 aromatic carbocycles. The van der Waals surface area contributed by atoms with E-state index in [0.29, 0.717) is 11.4 Å². The molecule has 0 saturated carbocycles. The number of carbonyl (C=O) groups excluding carboxylic acids is 1. The Hall–Kier alpha value is -2.07. The monoisotopic (exact) mass is 292 g/mol. The summed E-state index contributed by atoms with van der Waals surface area (Å²) in [5.41, 5.74) is 9.22. The molecule has 3 N–H and O–H groups in total. The van der Waals surface area contributed by atoms with Crippen LogP contribution in [0.25, 0.3) is 0 Å². The summed E-state index contributed by atoms with van der Waals surface area (Å²) in [5.74, 6) is -0.948. The average molecular weight is 293 g/mol. The largest absolute Gasteiger partial charge is 0.397 e. The van der Waals surface area contributed by atoms with Crippen LogP contribution in [-0.4, -0.2) is 5.91 Å². The van der Waals surface area contributed by atoms with Crippen LogP contribution in [0.3, 0.4) is 0 Å². The van der Waals surface area contributed by atoms with Crippen molar-refractivity contribution >= 4 is 28.9 Å². The molecule has 3 nitrogen and oxygen atoms in total. The van der Waals surface area contributed by atoms with Crippen LogP contribution < -0.4 is 11.1 Å². The minimum absolute atomic E-state index is 0.0919.